The fraction of sp³-hybridized carbons (Fsp3) is 0. The lowest BCUT2D eigenvalue weighted by Gasteiger charge is -2.06. The number of amides is 1. The molecule has 1 amide bonds. The zero-order valence-electron chi connectivity index (χ0n) is 17.1. The summed E-state index contributed by atoms with van der Waals surface area (Å²) in [6, 6.07) is 33.5. The van der Waals surface area contributed by atoms with E-state index in [1.165, 1.54) is 5.39 Å². The van der Waals surface area contributed by atoms with E-state index < -0.39 is 0 Å². The molecule has 6 rings (SSSR count). The smallest absolute Gasteiger partial charge is 0.255 e. The molecule has 0 saturated heterocycles. The molecule has 0 saturated carbocycles. The SMILES string of the molecule is O=C(Nc1ccc2oc(-c3ccc4ccccc4c3)nc2c1)c1ccc2ccccc2c1. The monoisotopic (exact) mass is 414 g/mol. The standard InChI is InChI=1S/C28H18N2O2/c31-27(22-11-9-18-5-1-3-7-20(18)15-22)29-24-13-14-26-25(17-24)30-28(32-26)23-12-10-19-6-2-4-8-21(19)16-23/h1-17H,(H,29,31). The number of nitrogens with one attached hydrogen (secondary N) is 1. The molecule has 0 atom stereocenters. The lowest BCUT2D eigenvalue weighted by atomic mass is 10.1. The average Bonchev–Trinajstić information content (AvgIpc) is 3.27. The van der Waals surface area contributed by atoms with E-state index in [-0.39, 0.29) is 5.91 Å². The van der Waals surface area contributed by atoms with Crippen molar-refractivity contribution in [2.24, 2.45) is 0 Å². The Labute approximate surface area is 184 Å². The molecule has 0 aliphatic heterocycles. The lowest BCUT2D eigenvalue weighted by Crippen LogP contribution is -2.11. The van der Waals surface area contributed by atoms with E-state index in [9.17, 15) is 4.79 Å². The van der Waals surface area contributed by atoms with Gasteiger partial charge in [-0.25, -0.2) is 4.98 Å². The highest BCUT2D eigenvalue weighted by Crippen LogP contribution is 2.29. The van der Waals surface area contributed by atoms with Gasteiger partial charge in [0.25, 0.3) is 5.91 Å². The number of nitrogens with zero attached hydrogens (tertiary/aromatic N) is 1. The highest BCUT2D eigenvalue weighted by molar-refractivity contribution is 6.07. The van der Waals surface area contributed by atoms with E-state index in [1.54, 1.807) is 0 Å². The summed E-state index contributed by atoms with van der Waals surface area (Å²) in [5, 5.41) is 7.41. The molecule has 0 unspecified atom stereocenters. The van der Waals surface area contributed by atoms with Gasteiger partial charge in [0.05, 0.1) is 0 Å². The summed E-state index contributed by atoms with van der Waals surface area (Å²) in [6.45, 7) is 0. The van der Waals surface area contributed by atoms with Crippen LogP contribution in [0.1, 0.15) is 10.4 Å². The minimum Gasteiger partial charge on any atom is -0.436 e. The third-order valence-electron chi connectivity index (χ3n) is 5.65. The molecule has 0 bridgehead atoms. The second-order valence-corrected chi connectivity index (χ2v) is 7.78. The summed E-state index contributed by atoms with van der Waals surface area (Å²) in [7, 11) is 0. The van der Waals surface area contributed by atoms with Crippen molar-refractivity contribution in [1.82, 2.24) is 4.98 Å². The maximum atomic E-state index is 12.8. The molecule has 152 valence electrons. The van der Waals surface area contributed by atoms with Gasteiger partial charge in [0, 0.05) is 16.8 Å². The van der Waals surface area contributed by atoms with E-state index in [2.05, 4.69) is 34.6 Å². The van der Waals surface area contributed by atoms with Gasteiger partial charge in [-0.15, -0.1) is 0 Å². The van der Waals surface area contributed by atoms with Crippen molar-refractivity contribution in [3.63, 3.8) is 0 Å². The van der Waals surface area contributed by atoms with Gasteiger partial charge in [-0.05, 0) is 64.0 Å². The average molecular weight is 414 g/mol. The predicted octanol–water partition coefficient (Wildman–Crippen LogP) is 7.05. The topological polar surface area (TPSA) is 55.1 Å². The molecule has 0 radical (unpaired) electrons. The molecule has 0 aliphatic carbocycles. The summed E-state index contributed by atoms with van der Waals surface area (Å²) >= 11 is 0. The Hall–Kier alpha value is -4.44. The van der Waals surface area contributed by atoms with Gasteiger partial charge in [-0.2, -0.15) is 0 Å². The Balaban J connectivity index is 1.29. The molecule has 0 aliphatic rings. The molecule has 1 aromatic heterocycles. The molecule has 5 aromatic carbocycles. The van der Waals surface area contributed by atoms with Gasteiger partial charge in [-0.3, -0.25) is 4.79 Å². The van der Waals surface area contributed by atoms with Gasteiger partial charge in [0.1, 0.15) is 5.52 Å². The van der Waals surface area contributed by atoms with Crippen LogP contribution in [0.4, 0.5) is 5.69 Å². The van der Waals surface area contributed by atoms with Gasteiger partial charge >= 0.3 is 0 Å². The number of anilines is 1. The number of fused-ring (bicyclic) bond motifs is 3. The first kappa shape index (κ1) is 18.3. The van der Waals surface area contributed by atoms with Gasteiger partial charge in [-0.1, -0.05) is 60.7 Å². The molecule has 6 aromatic rings. The number of carbonyl (C=O) groups is 1. The summed E-state index contributed by atoms with van der Waals surface area (Å²) in [5.74, 6) is 0.400. The van der Waals surface area contributed by atoms with Crippen LogP contribution in [0.2, 0.25) is 0 Å². The predicted molar refractivity (Wildman–Crippen MR) is 129 cm³/mol. The first-order valence-electron chi connectivity index (χ1n) is 10.4. The van der Waals surface area contributed by atoms with Crippen molar-refractivity contribution in [2.75, 3.05) is 5.32 Å². The van der Waals surface area contributed by atoms with Crippen LogP contribution in [0.15, 0.2) is 108 Å². The Morgan fingerprint density at radius 2 is 1.38 bits per heavy atom. The lowest BCUT2D eigenvalue weighted by molar-refractivity contribution is 0.102. The van der Waals surface area contributed by atoms with Crippen LogP contribution in [0.3, 0.4) is 0 Å². The Morgan fingerprint density at radius 3 is 2.16 bits per heavy atom. The highest BCUT2D eigenvalue weighted by Gasteiger charge is 2.12. The fourth-order valence-corrected chi connectivity index (χ4v) is 3.98. The summed E-state index contributed by atoms with van der Waals surface area (Å²) in [5.41, 5.74) is 3.58. The molecule has 4 nitrogen and oxygen atoms in total. The van der Waals surface area contributed by atoms with Gasteiger partial charge in [0.2, 0.25) is 5.89 Å². The van der Waals surface area contributed by atoms with E-state index >= 15 is 0 Å². The third-order valence-corrected chi connectivity index (χ3v) is 5.65. The summed E-state index contributed by atoms with van der Waals surface area (Å²) in [6.07, 6.45) is 0. The number of aromatic nitrogens is 1. The third kappa shape index (κ3) is 3.28. The zero-order chi connectivity index (χ0) is 21.5. The molecule has 0 fully saturated rings. The van der Waals surface area contributed by atoms with E-state index in [4.69, 9.17) is 4.42 Å². The van der Waals surface area contributed by atoms with Crippen molar-refractivity contribution in [3.8, 4) is 11.5 Å². The highest BCUT2D eigenvalue weighted by atomic mass is 16.3. The maximum absolute atomic E-state index is 12.8. The first-order valence-corrected chi connectivity index (χ1v) is 10.4. The van der Waals surface area contributed by atoms with Crippen LogP contribution < -0.4 is 5.32 Å². The molecular weight excluding hydrogens is 396 g/mol. The normalized spacial score (nSPS) is 11.2. The van der Waals surface area contributed by atoms with Crippen LogP contribution in [0.5, 0.6) is 0 Å². The van der Waals surface area contributed by atoms with Crippen LogP contribution in [-0.4, -0.2) is 10.9 Å². The Bertz CT molecular complexity index is 1630. The second kappa shape index (κ2) is 7.36. The Kier molecular flexibility index (Phi) is 4.22. The van der Waals surface area contributed by atoms with E-state index in [0.29, 0.717) is 28.2 Å². The molecule has 1 N–H and O–H groups in total. The fourth-order valence-electron chi connectivity index (χ4n) is 3.98. The first-order chi connectivity index (χ1) is 15.7. The number of oxazole rings is 1. The molecule has 0 spiro atoms. The number of hydrogen-bond donors (Lipinski definition) is 1. The quantitative estimate of drug-likeness (QED) is 0.337. The second-order valence-electron chi connectivity index (χ2n) is 7.78. The van der Waals surface area contributed by atoms with Crippen LogP contribution in [0.25, 0.3) is 44.1 Å². The Morgan fingerprint density at radius 1 is 0.688 bits per heavy atom. The number of rotatable bonds is 3. The number of hydrogen-bond acceptors (Lipinski definition) is 3. The largest absolute Gasteiger partial charge is 0.436 e. The zero-order valence-corrected chi connectivity index (χ0v) is 17.1. The molecular formula is C28H18N2O2. The van der Waals surface area contributed by atoms with Gasteiger partial charge in [0.15, 0.2) is 5.58 Å². The van der Waals surface area contributed by atoms with E-state index in [0.717, 1.165) is 21.7 Å². The van der Waals surface area contributed by atoms with Crippen molar-refractivity contribution in [2.45, 2.75) is 0 Å². The van der Waals surface area contributed by atoms with Gasteiger partial charge < -0.3 is 9.73 Å². The van der Waals surface area contributed by atoms with Crippen molar-refractivity contribution < 1.29 is 9.21 Å². The van der Waals surface area contributed by atoms with Crippen molar-refractivity contribution in [3.05, 3.63) is 109 Å². The van der Waals surface area contributed by atoms with Crippen LogP contribution >= 0.6 is 0 Å². The minimum absolute atomic E-state index is 0.159. The molecule has 32 heavy (non-hydrogen) atoms. The number of benzene rings is 5. The number of carbonyl (C=O) groups excluding carboxylic acids is 1. The van der Waals surface area contributed by atoms with Crippen molar-refractivity contribution in [1.29, 1.82) is 0 Å². The van der Waals surface area contributed by atoms with Crippen LogP contribution in [-0.2, 0) is 0 Å². The van der Waals surface area contributed by atoms with E-state index in [1.807, 2.05) is 78.9 Å². The molecule has 1 heterocycles. The van der Waals surface area contributed by atoms with Crippen LogP contribution in [0, 0.1) is 0 Å². The maximum Gasteiger partial charge on any atom is 0.255 e. The summed E-state index contributed by atoms with van der Waals surface area (Å²) < 4.78 is 5.97. The summed E-state index contributed by atoms with van der Waals surface area (Å²) in [4.78, 5) is 17.4. The minimum atomic E-state index is -0.159. The molecule has 4 heteroatoms. The van der Waals surface area contributed by atoms with Crippen molar-refractivity contribution >= 4 is 44.2 Å².